The Morgan fingerprint density at radius 3 is 1.85 bits per heavy atom. The van der Waals surface area contributed by atoms with Crippen LogP contribution in [0.15, 0.2) is 24.3 Å². The highest BCUT2D eigenvalue weighted by atomic mass is 19.1. The van der Waals surface area contributed by atoms with Gasteiger partial charge >= 0.3 is 5.97 Å². The van der Waals surface area contributed by atoms with Crippen molar-refractivity contribution in [3.05, 3.63) is 58.7 Å². The second-order valence-corrected chi connectivity index (χ2v) is 11.0. The van der Waals surface area contributed by atoms with Gasteiger partial charge in [0.15, 0.2) is 0 Å². The van der Waals surface area contributed by atoms with Crippen molar-refractivity contribution in [2.24, 2.45) is 23.7 Å². The number of benzene rings is 2. The second kappa shape index (κ2) is 13.3. The molecule has 4 rings (SSSR count). The number of carbonyl (C=O) groups is 1. The van der Waals surface area contributed by atoms with E-state index in [1.165, 1.54) is 51.0 Å². The van der Waals surface area contributed by atoms with E-state index >= 15 is 0 Å². The molecule has 0 aromatic heterocycles. The van der Waals surface area contributed by atoms with Gasteiger partial charge in [0, 0.05) is 24.3 Å². The third kappa shape index (κ3) is 7.32. The number of unbranched alkanes of at least 4 members (excludes halogenated alkanes) is 1. The van der Waals surface area contributed by atoms with E-state index in [9.17, 15) is 22.4 Å². The summed E-state index contributed by atoms with van der Waals surface area (Å²) in [6.07, 6.45) is 13.7. The van der Waals surface area contributed by atoms with Crippen LogP contribution in [0.3, 0.4) is 0 Å². The highest BCUT2D eigenvalue weighted by Crippen LogP contribution is 2.42. The zero-order valence-electron chi connectivity index (χ0n) is 22.3. The number of nitrogens with zero attached hydrogens (tertiary/aromatic N) is 1. The Bertz CT molecular complexity index is 1150. The van der Waals surface area contributed by atoms with Crippen molar-refractivity contribution in [3.8, 4) is 17.6 Å². The van der Waals surface area contributed by atoms with Crippen LogP contribution >= 0.6 is 0 Å². The number of halogens is 4. The van der Waals surface area contributed by atoms with E-state index < -0.39 is 46.1 Å². The average molecular weight is 546 g/mol. The molecule has 2 aromatic carbocycles. The highest BCUT2D eigenvalue weighted by Gasteiger charge is 2.31. The van der Waals surface area contributed by atoms with E-state index in [1.54, 1.807) is 0 Å². The maximum absolute atomic E-state index is 14.6. The van der Waals surface area contributed by atoms with Gasteiger partial charge in [-0.1, -0.05) is 39.0 Å². The molecule has 0 spiro atoms. The lowest BCUT2D eigenvalue weighted by molar-refractivity contribution is 0.0723. The molecule has 0 N–H and O–H groups in total. The first kappa shape index (κ1) is 28.9. The molecule has 210 valence electrons. The molecule has 8 heteroatoms. The molecule has 2 aliphatic rings. The van der Waals surface area contributed by atoms with E-state index in [0.29, 0.717) is 24.7 Å². The van der Waals surface area contributed by atoms with Crippen LogP contribution in [0.25, 0.3) is 0 Å². The van der Waals surface area contributed by atoms with Crippen LogP contribution in [0.1, 0.15) is 93.5 Å². The summed E-state index contributed by atoms with van der Waals surface area (Å²) in [5.74, 6) is -4.26. The lowest BCUT2D eigenvalue weighted by Crippen LogP contribution is -2.27. The monoisotopic (exact) mass is 545 g/mol. The third-order valence-corrected chi connectivity index (χ3v) is 8.46. The smallest absolute Gasteiger partial charge is 0.349 e. The minimum absolute atomic E-state index is 0.0375. The maximum atomic E-state index is 14.6. The lowest BCUT2D eigenvalue weighted by Gasteiger charge is -2.38. The Hall–Kier alpha value is -3.08. The van der Waals surface area contributed by atoms with Crippen molar-refractivity contribution >= 4 is 5.97 Å². The summed E-state index contributed by atoms with van der Waals surface area (Å²) in [6, 6.07) is 4.34. The second-order valence-electron chi connectivity index (χ2n) is 11.0. The van der Waals surface area contributed by atoms with E-state index in [1.807, 2.05) is 0 Å². The third-order valence-electron chi connectivity index (χ3n) is 8.46. The van der Waals surface area contributed by atoms with E-state index in [0.717, 1.165) is 55.6 Å². The van der Waals surface area contributed by atoms with E-state index in [2.05, 4.69) is 6.92 Å². The molecule has 2 aromatic rings. The van der Waals surface area contributed by atoms with Crippen molar-refractivity contribution in [1.29, 1.82) is 5.26 Å². The van der Waals surface area contributed by atoms with E-state index in [-0.39, 0.29) is 5.75 Å². The molecule has 0 saturated heterocycles. The number of ether oxygens (including phenoxy) is 2. The van der Waals surface area contributed by atoms with Crippen LogP contribution in [-0.2, 0) is 0 Å². The molecule has 0 radical (unpaired) electrons. The van der Waals surface area contributed by atoms with Crippen LogP contribution in [0.4, 0.5) is 17.6 Å². The number of esters is 1. The summed E-state index contributed by atoms with van der Waals surface area (Å²) in [7, 11) is 0. The van der Waals surface area contributed by atoms with Gasteiger partial charge in [0.05, 0.1) is 6.61 Å². The zero-order valence-corrected chi connectivity index (χ0v) is 22.3. The van der Waals surface area contributed by atoms with Crippen molar-refractivity contribution in [2.75, 3.05) is 6.61 Å². The van der Waals surface area contributed by atoms with Crippen LogP contribution < -0.4 is 9.47 Å². The van der Waals surface area contributed by atoms with Gasteiger partial charge in [-0.2, -0.15) is 5.26 Å². The molecular formula is C31H35F4NO3. The molecular weight excluding hydrogens is 510 g/mol. The predicted octanol–water partition coefficient (Wildman–Crippen LogP) is 8.52. The average Bonchev–Trinajstić information content (AvgIpc) is 2.91. The predicted molar refractivity (Wildman–Crippen MR) is 138 cm³/mol. The van der Waals surface area contributed by atoms with Gasteiger partial charge in [0.2, 0.25) is 0 Å². The molecule has 2 aliphatic carbocycles. The minimum atomic E-state index is -1.46. The summed E-state index contributed by atoms with van der Waals surface area (Å²) in [5.41, 5.74) is -1.86. The van der Waals surface area contributed by atoms with Gasteiger partial charge in [-0.25, -0.2) is 22.4 Å². The molecule has 4 nitrogen and oxygen atoms in total. The van der Waals surface area contributed by atoms with Crippen LogP contribution in [-0.4, -0.2) is 12.6 Å². The Morgan fingerprint density at radius 1 is 0.821 bits per heavy atom. The first-order valence-corrected chi connectivity index (χ1v) is 14.0. The number of carbonyl (C=O) groups excluding carboxylic acids is 1. The topological polar surface area (TPSA) is 59.3 Å². The summed E-state index contributed by atoms with van der Waals surface area (Å²) < 4.78 is 67.3. The number of hydrogen-bond acceptors (Lipinski definition) is 4. The molecule has 0 amide bonds. The van der Waals surface area contributed by atoms with Crippen molar-refractivity contribution < 1.29 is 31.8 Å². The minimum Gasteiger partial charge on any atom is -0.493 e. The van der Waals surface area contributed by atoms with Crippen LogP contribution in [0.2, 0.25) is 0 Å². The van der Waals surface area contributed by atoms with Crippen LogP contribution in [0.5, 0.6) is 11.5 Å². The summed E-state index contributed by atoms with van der Waals surface area (Å²) in [6.45, 7) is 2.59. The molecule has 2 saturated carbocycles. The normalized spacial score (nSPS) is 23.2. The fourth-order valence-corrected chi connectivity index (χ4v) is 6.18. The Balaban J connectivity index is 1.27. The molecule has 0 heterocycles. The molecule has 2 fully saturated rings. The number of hydrogen-bond donors (Lipinski definition) is 0. The Kier molecular flexibility index (Phi) is 9.88. The summed E-state index contributed by atoms with van der Waals surface area (Å²) in [5, 5.41) is 8.72. The van der Waals surface area contributed by atoms with Gasteiger partial charge in [-0.15, -0.1) is 0 Å². The van der Waals surface area contributed by atoms with Crippen molar-refractivity contribution in [2.45, 2.75) is 77.6 Å². The number of nitriles is 1. The molecule has 0 unspecified atom stereocenters. The van der Waals surface area contributed by atoms with Crippen molar-refractivity contribution in [1.82, 2.24) is 0 Å². The fraction of sp³-hybridized carbons (Fsp3) is 0.548. The number of rotatable bonds is 9. The highest BCUT2D eigenvalue weighted by molar-refractivity contribution is 5.91. The van der Waals surface area contributed by atoms with Gasteiger partial charge in [0.1, 0.15) is 52.0 Å². The first-order valence-electron chi connectivity index (χ1n) is 14.0. The van der Waals surface area contributed by atoms with Crippen LogP contribution in [0, 0.1) is 58.3 Å². The SMILES string of the molecule is CCCCC1CCC(C2CCC(COc3cc(F)c(C(=O)Oc4cc(F)c(C#N)c(F)c4)c(F)c3)CC2)CC1. The van der Waals surface area contributed by atoms with Gasteiger partial charge in [-0.3, -0.25) is 0 Å². The Morgan fingerprint density at radius 2 is 1.33 bits per heavy atom. The molecule has 0 bridgehead atoms. The lowest BCUT2D eigenvalue weighted by atomic mass is 9.69. The maximum Gasteiger partial charge on any atom is 0.349 e. The molecule has 39 heavy (non-hydrogen) atoms. The molecule has 0 atom stereocenters. The summed E-state index contributed by atoms with van der Waals surface area (Å²) >= 11 is 0. The van der Waals surface area contributed by atoms with Crippen molar-refractivity contribution in [3.63, 3.8) is 0 Å². The quantitative estimate of drug-likeness (QED) is 0.180. The van der Waals surface area contributed by atoms with Gasteiger partial charge in [0.25, 0.3) is 0 Å². The fourth-order valence-electron chi connectivity index (χ4n) is 6.18. The van der Waals surface area contributed by atoms with E-state index in [4.69, 9.17) is 14.7 Å². The Labute approximate surface area is 227 Å². The zero-order chi connectivity index (χ0) is 27.9. The standard InChI is InChI=1S/C31H35F4NO3/c1-2-3-4-19-5-9-21(10-6-19)22-11-7-20(8-12-22)18-38-23-13-28(34)30(29(35)14-23)31(37)39-24-15-26(32)25(17-36)27(33)16-24/h13-16,19-22H,2-12,18H2,1H3. The largest absolute Gasteiger partial charge is 0.493 e. The molecule has 0 aliphatic heterocycles. The van der Waals surface area contributed by atoms with Gasteiger partial charge < -0.3 is 9.47 Å². The first-order chi connectivity index (χ1) is 18.8. The summed E-state index contributed by atoms with van der Waals surface area (Å²) in [4.78, 5) is 12.3. The van der Waals surface area contributed by atoms with Gasteiger partial charge in [-0.05, 0) is 62.2 Å².